The summed E-state index contributed by atoms with van der Waals surface area (Å²) in [6, 6.07) is 17.3. The smallest absolute Gasteiger partial charge is 0.207 e. The first-order valence-corrected chi connectivity index (χ1v) is 12.7. The van der Waals surface area contributed by atoms with Crippen molar-refractivity contribution in [1.29, 1.82) is 0 Å². The first kappa shape index (κ1) is 21.4. The highest BCUT2D eigenvalue weighted by molar-refractivity contribution is 8.76. The van der Waals surface area contributed by atoms with Crippen molar-refractivity contribution in [3.63, 3.8) is 0 Å². The van der Waals surface area contributed by atoms with Crippen LogP contribution in [-0.4, -0.2) is 19.7 Å². The summed E-state index contributed by atoms with van der Waals surface area (Å²) in [6.45, 7) is 6.10. The Morgan fingerprint density at radius 1 is 0.962 bits per heavy atom. The molecule has 2 atom stereocenters. The Morgan fingerprint density at radius 2 is 1.62 bits per heavy atom. The highest BCUT2D eigenvalue weighted by Gasteiger charge is 2.25. The standard InChI is InChI=1S/C20H27NO2S3/c1-4-19(21-26(22,23)18-13-11-16(3)12-14-18)20(5-2)25-24-15-17-9-7-6-8-10-17/h6-14,19-21H,4-5,15H2,1-3H3/t19-,20+/m1/s1. The summed E-state index contributed by atoms with van der Waals surface area (Å²) in [5, 5.41) is 0.230. The second-order valence-electron chi connectivity index (χ2n) is 6.24. The van der Waals surface area contributed by atoms with E-state index in [0.717, 1.165) is 24.2 Å². The van der Waals surface area contributed by atoms with Gasteiger partial charge < -0.3 is 0 Å². The highest BCUT2D eigenvalue weighted by Crippen LogP contribution is 2.34. The van der Waals surface area contributed by atoms with Gasteiger partial charge in [-0.15, -0.1) is 0 Å². The lowest BCUT2D eigenvalue weighted by Gasteiger charge is -2.25. The molecule has 0 aromatic heterocycles. The lowest BCUT2D eigenvalue weighted by atomic mass is 10.1. The van der Waals surface area contributed by atoms with Gasteiger partial charge in [0.1, 0.15) is 0 Å². The summed E-state index contributed by atoms with van der Waals surface area (Å²) in [4.78, 5) is 0.332. The largest absolute Gasteiger partial charge is 0.240 e. The van der Waals surface area contributed by atoms with Gasteiger partial charge in [-0.25, -0.2) is 13.1 Å². The summed E-state index contributed by atoms with van der Waals surface area (Å²) in [6.07, 6.45) is 1.68. The van der Waals surface area contributed by atoms with E-state index in [1.54, 1.807) is 33.7 Å². The quantitative estimate of drug-likeness (QED) is 0.533. The molecule has 0 fully saturated rings. The van der Waals surface area contributed by atoms with Gasteiger partial charge in [0.25, 0.3) is 0 Å². The Kier molecular flexibility index (Phi) is 8.54. The molecule has 0 bridgehead atoms. The molecule has 1 N–H and O–H groups in total. The average Bonchev–Trinajstić information content (AvgIpc) is 2.65. The van der Waals surface area contributed by atoms with Crippen LogP contribution in [0.25, 0.3) is 0 Å². The Morgan fingerprint density at radius 3 is 2.19 bits per heavy atom. The first-order valence-electron chi connectivity index (χ1n) is 8.87. The zero-order chi connectivity index (χ0) is 19.0. The minimum atomic E-state index is -3.49. The number of benzene rings is 2. The summed E-state index contributed by atoms with van der Waals surface area (Å²) in [7, 11) is 0.0722. The molecule has 0 saturated carbocycles. The summed E-state index contributed by atoms with van der Waals surface area (Å²) in [5.74, 6) is 0.920. The second-order valence-corrected chi connectivity index (χ2v) is 10.6. The summed E-state index contributed by atoms with van der Waals surface area (Å²) in [5.41, 5.74) is 2.34. The molecular weight excluding hydrogens is 382 g/mol. The van der Waals surface area contributed by atoms with Gasteiger partial charge in [-0.2, -0.15) is 0 Å². The van der Waals surface area contributed by atoms with Crippen molar-refractivity contribution in [2.75, 3.05) is 0 Å². The molecule has 0 radical (unpaired) electrons. The van der Waals surface area contributed by atoms with Crippen molar-refractivity contribution < 1.29 is 8.42 Å². The molecule has 6 heteroatoms. The number of nitrogens with one attached hydrogen (secondary N) is 1. The van der Waals surface area contributed by atoms with Gasteiger partial charge in [-0.05, 0) is 37.5 Å². The van der Waals surface area contributed by atoms with Gasteiger partial charge in [0.15, 0.2) is 0 Å². The van der Waals surface area contributed by atoms with Crippen LogP contribution in [0, 0.1) is 6.92 Å². The number of aryl methyl sites for hydroxylation is 1. The number of hydrogen-bond acceptors (Lipinski definition) is 4. The third kappa shape index (κ3) is 6.34. The van der Waals surface area contributed by atoms with Crippen molar-refractivity contribution >= 4 is 31.6 Å². The van der Waals surface area contributed by atoms with Crippen LogP contribution in [0.15, 0.2) is 59.5 Å². The Labute approximate surface area is 165 Å². The normalized spacial score (nSPS) is 14.1. The summed E-state index contributed by atoms with van der Waals surface area (Å²) >= 11 is 0. The van der Waals surface area contributed by atoms with Gasteiger partial charge in [-0.3, -0.25) is 0 Å². The second kappa shape index (κ2) is 10.4. The van der Waals surface area contributed by atoms with Crippen LogP contribution in [0.1, 0.15) is 37.8 Å². The fourth-order valence-electron chi connectivity index (χ4n) is 2.59. The van der Waals surface area contributed by atoms with Gasteiger partial charge in [-0.1, -0.05) is 83.5 Å². The fourth-order valence-corrected chi connectivity index (χ4v) is 7.09. The van der Waals surface area contributed by atoms with Gasteiger partial charge in [0, 0.05) is 17.0 Å². The predicted octanol–water partition coefficient (Wildman–Crippen LogP) is 5.41. The van der Waals surface area contributed by atoms with E-state index in [2.05, 4.69) is 23.8 Å². The van der Waals surface area contributed by atoms with Crippen LogP contribution in [0.3, 0.4) is 0 Å². The molecule has 2 rings (SSSR count). The number of rotatable bonds is 10. The van der Waals surface area contributed by atoms with Crippen LogP contribution in [0.2, 0.25) is 0 Å². The van der Waals surface area contributed by atoms with Gasteiger partial charge in [0.05, 0.1) is 4.90 Å². The minimum Gasteiger partial charge on any atom is -0.207 e. The molecule has 3 nitrogen and oxygen atoms in total. The van der Waals surface area contributed by atoms with E-state index >= 15 is 0 Å². The maximum Gasteiger partial charge on any atom is 0.240 e. The van der Waals surface area contributed by atoms with Gasteiger partial charge in [0.2, 0.25) is 10.0 Å². The zero-order valence-corrected chi connectivity index (χ0v) is 18.0. The summed E-state index contributed by atoms with van der Waals surface area (Å²) < 4.78 is 28.3. The first-order chi connectivity index (χ1) is 12.5. The van der Waals surface area contributed by atoms with E-state index in [4.69, 9.17) is 0 Å². The maximum absolute atomic E-state index is 12.7. The topological polar surface area (TPSA) is 46.2 Å². The molecule has 0 aliphatic carbocycles. The monoisotopic (exact) mass is 409 g/mol. The van der Waals surface area contributed by atoms with E-state index in [-0.39, 0.29) is 11.3 Å². The maximum atomic E-state index is 12.7. The van der Waals surface area contributed by atoms with Crippen LogP contribution in [-0.2, 0) is 15.8 Å². The fraction of sp³-hybridized carbons (Fsp3) is 0.400. The minimum absolute atomic E-state index is 0.0837. The van der Waals surface area contributed by atoms with Crippen molar-refractivity contribution in [2.45, 2.75) is 55.6 Å². The SMILES string of the molecule is CC[C@H](SSCc1ccccc1)[C@@H](CC)NS(=O)(=O)c1ccc(C)cc1. The Balaban J connectivity index is 1.98. The highest BCUT2D eigenvalue weighted by atomic mass is 33.1. The predicted molar refractivity (Wildman–Crippen MR) is 115 cm³/mol. The third-order valence-corrected chi connectivity index (χ3v) is 8.69. The van der Waals surface area contributed by atoms with Gasteiger partial charge >= 0.3 is 0 Å². The van der Waals surface area contributed by atoms with Crippen molar-refractivity contribution in [2.24, 2.45) is 0 Å². The van der Waals surface area contributed by atoms with Crippen molar-refractivity contribution in [1.82, 2.24) is 4.72 Å². The molecule has 0 saturated heterocycles. The molecule has 0 unspecified atom stereocenters. The lowest BCUT2D eigenvalue weighted by molar-refractivity contribution is 0.522. The zero-order valence-electron chi connectivity index (χ0n) is 15.5. The van der Waals surface area contributed by atoms with Crippen molar-refractivity contribution in [3.8, 4) is 0 Å². The molecule has 0 aliphatic rings. The molecule has 0 heterocycles. The Hall–Kier alpha value is -0.950. The van der Waals surface area contributed by atoms with E-state index in [1.807, 2.05) is 44.2 Å². The molecular formula is C20H27NO2S3. The van der Waals surface area contributed by atoms with Crippen LogP contribution in [0.5, 0.6) is 0 Å². The Bertz CT molecular complexity index is 761. The molecule has 0 spiro atoms. The van der Waals surface area contributed by atoms with Crippen molar-refractivity contribution in [3.05, 3.63) is 65.7 Å². The molecule has 26 heavy (non-hydrogen) atoms. The van der Waals surface area contributed by atoms with Crippen LogP contribution in [0.4, 0.5) is 0 Å². The van der Waals surface area contributed by atoms with Crippen LogP contribution < -0.4 is 4.72 Å². The molecule has 142 valence electrons. The lowest BCUT2D eigenvalue weighted by Crippen LogP contribution is -2.41. The average molecular weight is 410 g/mol. The molecule has 0 amide bonds. The third-order valence-electron chi connectivity index (χ3n) is 4.19. The van der Waals surface area contributed by atoms with E-state index in [0.29, 0.717) is 4.90 Å². The van der Waals surface area contributed by atoms with Crippen LogP contribution >= 0.6 is 21.6 Å². The van der Waals surface area contributed by atoms with E-state index in [1.165, 1.54) is 5.56 Å². The molecule has 0 aliphatic heterocycles. The molecule has 2 aromatic rings. The number of hydrogen-bond donors (Lipinski definition) is 1. The molecule has 2 aromatic carbocycles. The number of sulfonamides is 1. The van der Waals surface area contributed by atoms with E-state index < -0.39 is 10.0 Å². The van der Waals surface area contributed by atoms with E-state index in [9.17, 15) is 8.42 Å².